The zero-order valence-corrected chi connectivity index (χ0v) is 51.0. The lowest BCUT2D eigenvalue weighted by molar-refractivity contribution is -0.179. The van der Waals surface area contributed by atoms with Gasteiger partial charge in [0.25, 0.3) is 0 Å². The summed E-state index contributed by atoms with van der Waals surface area (Å²) in [6.45, 7) is -1.59. The predicted molar refractivity (Wildman–Crippen MR) is 337 cm³/mol. The van der Waals surface area contributed by atoms with E-state index in [4.69, 9.17) is 28.4 Å². The second-order valence-corrected chi connectivity index (χ2v) is 25.1. The van der Waals surface area contributed by atoms with E-state index in [1.807, 2.05) is 0 Å². The van der Waals surface area contributed by atoms with Gasteiger partial charge in [-0.2, -0.15) is 26.3 Å². The fraction of sp³-hybridized carbons (Fsp3) is 0.135. The van der Waals surface area contributed by atoms with Gasteiger partial charge >= 0.3 is 47.4 Å². The van der Waals surface area contributed by atoms with Crippen molar-refractivity contribution in [2.24, 2.45) is 11.8 Å². The van der Waals surface area contributed by atoms with Crippen LogP contribution >= 0.6 is 22.7 Å². The number of thiophene rings is 2. The maximum atomic E-state index is 15.5. The SMILES string of the molecule is O=C1C(=O)c2ccc(C(F)(F)F)cc2/C1=C/c1cc2c(s1)C1=CC3C=C4C(=CC3C=C1C(C(=O)OCc1ccccc1)(C(=O)OCc1ccccc1)O2)c1sc(/C=C2\C(=O)C(=O)c3ccc(C(F)(F)F)cc32)cc1OC4(C(=O)OCc1ccccc1)C(=O)OCc1ccccc1. The summed E-state index contributed by atoms with van der Waals surface area (Å²) in [4.78, 5) is 117. The smallest absolute Gasteiger partial charge is 0.416 e. The Morgan fingerprint density at radius 3 is 1.02 bits per heavy atom. The molecule has 0 bridgehead atoms. The molecule has 0 radical (unpaired) electrons. The lowest BCUT2D eigenvalue weighted by Crippen LogP contribution is -2.58. The Kier molecular flexibility index (Phi) is 15.6. The number of Topliss-reactive ketones (excluding diaryl/α,β-unsaturated/α-hetero) is 4. The predicted octanol–water partition coefficient (Wildman–Crippen LogP) is 14.3. The number of rotatable bonds is 14. The number of hydrogen-bond acceptors (Lipinski definition) is 16. The molecule has 0 spiro atoms. The number of carbonyl (C=O) groups is 8. The first-order chi connectivity index (χ1) is 46.1. The number of fused-ring (bicyclic) bond motifs is 9. The highest BCUT2D eigenvalue weighted by atomic mass is 32.1. The lowest BCUT2D eigenvalue weighted by Gasteiger charge is -2.42. The minimum absolute atomic E-state index is 0.102. The molecule has 14 nitrogen and oxygen atoms in total. The molecule has 2 atom stereocenters. The largest absolute Gasteiger partial charge is 0.458 e. The summed E-state index contributed by atoms with van der Waals surface area (Å²) in [5, 5.41) is 0. The summed E-state index contributed by atoms with van der Waals surface area (Å²) in [7, 11) is 0. The van der Waals surface area contributed by atoms with Crippen LogP contribution in [-0.4, -0.2) is 58.2 Å². The van der Waals surface area contributed by atoms with Gasteiger partial charge in [-0.3, -0.25) is 19.2 Å². The standard InChI is InChI=1S/C74H44F6O14S2/c75-73(76,77)45-21-23-49-51(29-45)53(63(83)61(49)81)31-47-33-59-65(95-47)55-25-44-28-58-56(26-43(44)27-57(55)71(93-59,67(85)89-35-39-13-5-1-6-14-39)68(86)90-36-40-15-7-2-8-16-40)66-60(34-48(96-66)32-54-52-30-46(74(78,79)80)22-24-50(52)62(82)64(54)84)94-72(58,69(87)91-37-41-17-9-3-10-18-41)70(88)92-38-42-19-11-4-12-20-42/h1-34,43-44H,35-38H2/b53-31-,54-32-. The number of allylic oxidation sites excluding steroid dienone is 6. The minimum Gasteiger partial charge on any atom is -0.458 e. The number of benzene rings is 6. The molecule has 0 N–H and O–H groups in total. The number of esters is 4. The molecule has 0 saturated carbocycles. The van der Waals surface area contributed by atoms with Crippen LogP contribution in [0.25, 0.3) is 34.4 Å². The number of ketones is 4. The highest BCUT2D eigenvalue weighted by Crippen LogP contribution is 2.58. The Labute approximate surface area is 548 Å². The van der Waals surface area contributed by atoms with Gasteiger partial charge in [-0.25, -0.2) is 19.2 Å². The first-order valence-electron chi connectivity index (χ1n) is 29.5. The molecule has 0 amide bonds. The molecular weight excluding hydrogens is 1290 g/mol. The fourth-order valence-corrected chi connectivity index (χ4v) is 14.4. The molecule has 4 heterocycles. The van der Waals surface area contributed by atoms with Gasteiger partial charge in [0.1, 0.15) is 37.9 Å². The second kappa shape index (κ2) is 24.0. The average Bonchev–Trinajstić information content (AvgIpc) is 1.10. The number of alkyl halides is 6. The van der Waals surface area contributed by atoms with Gasteiger partial charge in [0.05, 0.1) is 20.9 Å². The third-order valence-corrected chi connectivity index (χ3v) is 19.1. The zero-order valence-electron chi connectivity index (χ0n) is 49.4. The summed E-state index contributed by atoms with van der Waals surface area (Å²) in [6, 6.07) is 41.2. The maximum absolute atomic E-state index is 15.5. The van der Waals surface area contributed by atoms with Crippen molar-refractivity contribution in [1.82, 2.24) is 0 Å². The van der Waals surface area contributed by atoms with Crippen LogP contribution in [0.15, 0.2) is 205 Å². The number of hydrogen-bond donors (Lipinski definition) is 0. The van der Waals surface area contributed by atoms with Crippen molar-refractivity contribution < 1.29 is 93.1 Å². The Morgan fingerprint density at radius 1 is 0.406 bits per heavy atom. The minimum atomic E-state index is -4.86. The number of ether oxygens (including phenoxy) is 6. The van der Waals surface area contributed by atoms with E-state index >= 15 is 19.2 Å². The van der Waals surface area contributed by atoms with Crippen molar-refractivity contribution in [3.05, 3.63) is 280 Å². The maximum Gasteiger partial charge on any atom is 0.416 e. The third-order valence-electron chi connectivity index (χ3n) is 16.9. The van der Waals surface area contributed by atoms with Gasteiger partial charge in [-0.05, 0) is 94.1 Å². The van der Waals surface area contributed by atoms with E-state index in [0.29, 0.717) is 46.5 Å². The molecule has 6 aromatic carbocycles. The van der Waals surface area contributed by atoms with E-state index in [1.165, 1.54) is 36.4 Å². The van der Waals surface area contributed by atoms with Crippen molar-refractivity contribution in [3.8, 4) is 11.5 Å². The van der Waals surface area contributed by atoms with Gasteiger partial charge in [0.2, 0.25) is 23.1 Å². The van der Waals surface area contributed by atoms with Crippen LogP contribution in [0.4, 0.5) is 26.3 Å². The van der Waals surface area contributed by atoms with Gasteiger partial charge in [-0.1, -0.05) is 146 Å². The van der Waals surface area contributed by atoms with Gasteiger partial charge < -0.3 is 28.4 Å². The number of carbonyl (C=O) groups excluding carboxylic acids is 8. The van der Waals surface area contributed by atoms with Crippen molar-refractivity contribution in [2.75, 3.05) is 0 Å². The quantitative estimate of drug-likeness (QED) is 0.0249. The highest BCUT2D eigenvalue weighted by molar-refractivity contribution is 7.15. The molecule has 2 aromatic heterocycles. The molecule has 4 aliphatic carbocycles. The number of halogens is 6. The first kappa shape index (κ1) is 62.4. The summed E-state index contributed by atoms with van der Waals surface area (Å²) >= 11 is 1.82. The van der Waals surface area contributed by atoms with Crippen molar-refractivity contribution >= 4 is 104 Å². The van der Waals surface area contributed by atoms with Crippen molar-refractivity contribution in [2.45, 2.75) is 50.0 Å². The van der Waals surface area contributed by atoms with E-state index < -0.39 is 120 Å². The molecule has 2 unspecified atom stereocenters. The average molecular weight is 1340 g/mol. The van der Waals surface area contributed by atoms with Crippen LogP contribution in [0.2, 0.25) is 0 Å². The van der Waals surface area contributed by atoms with E-state index in [1.54, 1.807) is 133 Å². The Bertz CT molecular complexity index is 4440. The monoisotopic (exact) mass is 1330 g/mol. The molecular formula is C74H44F6O14S2. The second-order valence-electron chi connectivity index (χ2n) is 22.9. The van der Waals surface area contributed by atoms with Gasteiger partial charge in [-0.15, -0.1) is 22.7 Å². The van der Waals surface area contributed by atoms with E-state index in [2.05, 4.69) is 0 Å². The van der Waals surface area contributed by atoms with Gasteiger partial charge in [0, 0.05) is 66.2 Å². The molecule has 478 valence electrons. The topological polar surface area (TPSA) is 192 Å². The Balaban J connectivity index is 0.969. The highest BCUT2D eigenvalue weighted by Gasteiger charge is 2.63. The van der Waals surface area contributed by atoms with E-state index in [9.17, 15) is 45.5 Å². The molecule has 0 saturated heterocycles. The van der Waals surface area contributed by atoms with Crippen LogP contribution < -0.4 is 9.47 Å². The van der Waals surface area contributed by atoms with Crippen LogP contribution in [0.5, 0.6) is 11.5 Å². The van der Waals surface area contributed by atoms with Crippen LogP contribution in [0.1, 0.15) is 84.7 Å². The third kappa shape index (κ3) is 11.0. The van der Waals surface area contributed by atoms with Crippen molar-refractivity contribution in [3.63, 3.8) is 0 Å². The molecule has 0 fully saturated rings. The lowest BCUT2D eigenvalue weighted by atomic mass is 9.68. The molecule has 2 aliphatic heterocycles. The Hall–Kier alpha value is -11.1. The molecule has 14 rings (SSSR count). The zero-order chi connectivity index (χ0) is 67.0. The summed E-state index contributed by atoms with van der Waals surface area (Å²) in [6.07, 6.45) is -0.998. The molecule has 8 aromatic rings. The Morgan fingerprint density at radius 2 is 0.719 bits per heavy atom. The van der Waals surface area contributed by atoms with Gasteiger partial charge in [0.15, 0.2) is 0 Å². The fourth-order valence-electron chi connectivity index (χ4n) is 12.2. The molecule has 22 heteroatoms. The van der Waals surface area contributed by atoms with Crippen LogP contribution in [0, 0.1) is 11.8 Å². The van der Waals surface area contributed by atoms with Crippen molar-refractivity contribution in [1.29, 1.82) is 0 Å². The molecule has 6 aliphatic rings. The molecule has 96 heavy (non-hydrogen) atoms. The van der Waals surface area contributed by atoms with E-state index in [0.717, 1.165) is 34.8 Å². The summed E-state index contributed by atoms with van der Waals surface area (Å²) in [5.41, 5.74) is -7.94. The normalized spacial score (nSPS) is 18.5. The first-order valence-corrected chi connectivity index (χ1v) is 31.2. The van der Waals surface area contributed by atoms with E-state index in [-0.39, 0.29) is 86.7 Å². The summed E-state index contributed by atoms with van der Waals surface area (Å²) in [5.74, 6) is -11.8. The van der Waals surface area contributed by atoms with Crippen LogP contribution in [-0.2, 0) is 86.5 Å². The van der Waals surface area contributed by atoms with Crippen LogP contribution in [0.3, 0.4) is 0 Å². The summed E-state index contributed by atoms with van der Waals surface area (Å²) < 4.78 is 123.